The number of aromatic nitrogens is 1. The van der Waals surface area contributed by atoms with Crippen molar-refractivity contribution in [3.63, 3.8) is 0 Å². The zero-order valence-corrected chi connectivity index (χ0v) is 9.50. The van der Waals surface area contributed by atoms with Crippen LogP contribution in [0.4, 0.5) is 0 Å². The number of methoxy groups -OCH3 is 2. The predicted molar refractivity (Wildman–Crippen MR) is 54.2 cm³/mol. The second-order valence-electron chi connectivity index (χ2n) is 2.59. The van der Waals surface area contributed by atoms with Gasteiger partial charge < -0.3 is 9.47 Å². The molecule has 1 heterocycles. The summed E-state index contributed by atoms with van der Waals surface area (Å²) in [5.41, 5.74) is 0.801. The van der Waals surface area contributed by atoms with Gasteiger partial charge in [-0.15, -0.1) is 0 Å². The maximum absolute atomic E-state index is 11.0. The lowest BCUT2D eigenvalue weighted by Gasteiger charge is -2.03. The van der Waals surface area contributed by atoms with Crippen LogP contribution >= 0.6 is 15.9 Å². The number of ether oxygens (including phenoxy) is 2. The number of nitrogens with zero attached hydrogens (tertiary/aromatic N) is 1. The molecule has 5 heteroatoms. The number of hydrogen-bond donors (Lipinski definition) is 0. The molecule has 0 spiro atoms. The summed E-state index contributed by atoms with van der Waals surface area (Å²) in [5.74, 6) is 0.184. The molecule has 1 aromatic heterocycles. The van der Waals surface area contributed by atoms with Crippen molar-refractivity contribution in [1.82, 2.24) is 4.98 Å². The molecule has 4 nitrogen and oxygen atoms in total. The van der Waals surface area contributed by atoms with Gasteiger partial charge in [0.15, 0.2) is 0 Å². The van der Waals surface area contributed by atoms with Crippen LogP contribution in [0.1, 0.15) is 5.56 Å². The van der Waals surface area contributed by atoms with Crippen LogP contribution in [0.5, 0.6) is 5.88 Å². The van der Waals surface area contributed by atoms with Crippen LogP contribution in [0, 0.1) is 0 Å². The first kappa shape index (κ1) is 11.0. The summed E-state index contributed by atoms with van der Waals surface area (Å²) < 4.78 is 10.1. The van der Waals surface area contributed by atoms with Crippen molar-refractivity contribution in [3.05, 3.63) is 22.3 Å². The minimum absolute atomic E-state index is 0.216. The van der Waals surface area contributed by atoms with E-state index in [1.165, 1.54) is 14.2 Å². The number of rotatable bonds is 3. The first-order chi connectivity index (χ1) is 6.65. The number of carbonyl (C=O) groups is 1. The van der Waals surface area contributed by atoms with Crippen LogP contribution in [0.2, 0.25) is 0 Å². The highest BCUT2D eigenvalue weighted by Crippen LogP contribution is 2.17. The lowest BCUT2D eigenvalue weighted by Crippen LogP contribution is -2.05. The zero-order chi connectivity index (χ0) is 10.6. The van der Waals surface area contributed by atoms with E-state index in [2.05, 4.69) is 25.7 Å². The normalized spacial score (nSPS) is 9.64. The Labute approximate surface area is 90.4 Å². The fourth-order valence-corrected chi connectivity index (χ4v) is 1.44. The van der Waals surface area contributed by atoms with Gasteiger partial charge in [-0.05, 0) is 27.6 Å². The van der Waals surface area contributed by atoms with Crippen LogP contribution in [0.25, 0.3) is 0 Å². The highest BCUT2D eigenvalue weighted by Gasteiger charge is 2.06. The Hall–Kier alpha value is -1.10. The van der Waals surface area contributed by atoms with Crippen molar-refractivity contribution in [2.24, 2.45) is 0 Å². The fraction of sp³-hybridized carbons (Fsp3) is 0.333. The molecule has 1 aromatic rings. The van der Waals surface area contributed by atoms with Crippen LogP contribution < -0.4 is 4.74 Å². The number of halogens is 1. The van der Waals surface area contributed by atoms with Gasteiger partial charge in [-0.25, -0.2) is 4.98 Å². The van der Waals surface area contributed by atoms with Crippen molar-refractivity contribution in [2.75, 3.05) is 14.2 Å². The van der Waals surface area contributed by atoms with E-state index in [4.69, 9.17) is 4.74 Å². The lowest BCUT2D eigenvalue weighted by atomic mass is 10.2. The smallest absolute Gasteiger partial charge is 0.309 e. The largest absolute Gasteiger partial charge is 0.481 e. The molecule has 0 radical (unpaired) electrons. The van der Waals surface area contributed by atoms with Crippen molar-refractivity contribution in [3.8, 4) is 5.88 Å². The molecule has 0 N–H and O–H groups in total. The molecule has 0 aliphatic carbocycles. The predicted octanol–water partition coefficient (Wildman–Crippen LogP) is 1.57. The second kappa shape index (κ2) is 4.95. The summed E-state index contributed by atoms with van der Waals surface area (Å²) in [6.45, 7) is 0. The summed E-state index contributed by atoms with van der Waals surface area (Å²) in [4.78, 5) is 15.0. The summed E-state index contributed by atoms with van der Waals surface area (Å²) in [5, 5.41) is 0. The number of carbonyl (C=O) groups excluding carboxylic acids is 1. The van der Waals surface area contributed by atoms with Crippen molar-refractivity contribution >= 4 is 21.9 Å². The maximum Gasteiger partial charge on any atom is 0.309 e. The van der Waals surface area contributed by atoms with E-state index in [0.29, 0.717) is 10.5 Å². The molecule has 0 aliphatic heterocycles. The molecular formula is C9H10BrNO3. The third kappa shape index (κ3) is 2.99. The van der Waals surface area contributed by atoms with Crippen molar-refractivity contribution in [1.29, 1.82) is 0 Å². The molecule has 0 saturated heterocycles. The van der Waals surface area contributed by atoms with Gasteiger partial charge in [0.25, 0.3) is 0 Å². The minimum Gasteiger partial charge on any atom is -0.481 e. The Morgan fingerprint density at radius 3 is 2.79 bits per heavy atom. The molecule has 0 saturated carbocycles. The molecule has 0 aliphatic rings. The number of pyridine rings is 1. The van der Waals surface area contributed by atoms with Gasteiger partial charge in [0, 0.05) is 6.07 Å². The van der Waals surface area contributed by atoms with E-state index in [-0.39, 0.29) is 12.4 Å². The summed E-state index contributed by atoms with van der Waals surface area (Å²) >= 11 is 3.22. The highest BCUT2D eigenvalue weighted by molar-refractivity contribution is 9.10. The molecule has 0 atom stereocenters. The van der Waals surface area contributed by atoms with Crippen LogP contribution in [0.3, 0.4) is 0 Å². The fourth-order valence-electron chi connectivity index (χ4n) is 0.969. The van der Waals surface area contributed by atoms with Crippen molar-refractivity contribution in [2.45, 2.75) is 6.42 Å². The highest BCUT2D eigenvalue weighted by atomic mass is 79.9. The Balaban J connectivity index is 2.86. The summed E-state index contributed by atoms with van der Waals surface area (Å²) in [6, 6.07) is 3.45. The molecule has 0 amide bonds. The first-order valence-corrected chi connectivity index (χ1v) is 4.72. The average Bonchev–Trinajstić information content (AvgIpc) is 2.16. The minimum atomic E-state index is -0.287. The molecule has 76 valence electrons. The van der Waals surface area contributed by atoms with Gasteiger partial charge in [-0.3, -0.25) is 4.79 Å². The molecule has 14 heavy (non-hydrogen) atoms. The standard InChI is InChI=1S/C9H10BrNO3/c1-13-8-4-6(3-7(10)11-8)5-9(12)14-2/h3-4H,5H2,1-2H3. The average molecular weight is 260 g/mol. The summed E-state index contributed by atoms with van der Waals surface area (Å²) in [7, 11) is 2.88. The number of esters is 1. The first-order valence-electron chi connectivity index (χ1n) is 3.93. The van der Waals surface area contributed by atoms with Gasteiger partial charge >= 0.3 is 5.97 Å². The topological polar surface area (TPSA) is 48.4 Å². The molecular weight excluding hydrogens is 250 g/mol. The Kier molecular flexibility index (Phi) is 3.88. The second-order valence-corrected chi connectivity index (χ2v) is 3.41. The monoisotopic (exact) mass is 259 g/mol. The third-order valence-electron chi connectivity index (χ3n) is 1.62. The van der Waals surface area contributed by atoms with E-state index < -0.39 is 0 Å². The van der Waals surface area contributed by atoms with Crippen molar-refractivity contribution < 1.29 is 14.3 Å². The Morgan fingerprint density at radius 2 is 2.21 bits per heavy atom. The Morgan fingerprint density at radius 1 is 1.50 bits per heavy atom. The van der Waals surface area contributed by atoms with Gasteiger partial charge in [0.05, 0.1) is 20.6 Å². The SMILES string of the molecule is COC(=O)Cc1cc(Br)nc(OC)c1. The van der Waals surface area contributed by atoms with Crippen LogP contribution in [-0.2, 0) is 16.0 Å². The van der Waals surface area contributed by atoms with E-state index in [1.807, 2.05) is 0 Å². The maximum atomic E-state index is 11.0. The number of hydrogen-bond acceptors (Lipinski definition) is 4. The Bertz CT molecular complexity index is 341. The van der Waals surface area contributed by atoms with Gasteiger partial charge in [-0.2, -0.15) is 0 Å². The van der Waals surface area contributed by atoms with Gasteiger partial charge in [0.2, 0.25) is 5.88 Å². The molecule has 0 unspecified atom stereocenters. The molecule has 1 rings (SSSR count). The lowest BCUT2D eigenvalue weighted by molar-refractivity contribution is -0.139. The van der Waals surface area contributed by atoms with Crippen LogP contribution in [0.15, 0.2) is 16.7 Å². The quantitative estimate of drug-likeness (QED) is 0.611. The molecule has 0 aromatic carbocycles. The van der Waals surface area contributed by atoms with Crippen LogP contribution in [-0.4, -0.2) is 25.2 Å². The third-order valence-corrected chi connectivity index (χ3v) is 2.02. The zero-order valence-electron chi connectivity index (χ0n) is 7.91. The molecule has 0 fully saturated rings. The van der Waals surface area contributed by atoms with E-state index >= 15 is 0 Å². The molecule has 0 bridgehead atoms. The van der Waals surface area contributed by atoms with Gasteiger partial charge in [-0.1, -0.05) is 0 Å². The van der Waals surface area contributed by atoms with E-state index in [0.717, 1.165) is 5.56 Å². The van der Waals surface area contributed by atoms with Gasteiger partial charge in [0.1, 0.15) is 4.60 Å². The van der Waals surface area contributed by atoms with E-state index in [9.17, 15) is 4.79 Å². The van der Waals surface area contributed by atoms with E-state index in [1.54, 1.807) is 12.1 Å². The summed E-state index contributed by atoms with van der Waals surface area (Å²) in [6.07, 6.45) is 0.216.